The van der Waals surface area contributed by atoms with E-state index in [9.17, 15) is 13.2 Å². The number of fused-ring (bicyclic) bond motifs is 1. The van der Waals surface area contributed by atoms with Gasteiger partial charge in [0.25, 0.3) is 10.0 Å². The number of nitrogen functional groups attached to an aromatic ring is 1. The van der Waals surface area contributed by atoms with Crippen LogP contribution >= 0.6 is 0 Å². The van der Waals surface area contributed by atoms with E-state index in [0.717, 1.165) is 9.54 Å². The molecule has 0 unspecified atom stereocenters. The second-order valence-corrected chi connectivity index (χ2v) is 9.32. The monoisotopic (exact) mass is 417 g/mol. The number of anilines is 2. The number of nitrogens with zero attached hydrogens (tertiary/aromatic N) is 2. The summed E-state index contributed by atoms with van der Waals surface area (Å²) in [5.41, 5.74) is 12.1. The van der Waals surface area contributed by atoms with Crippen LogP contribution in [-0.4, -0.2) is 29.1 Å². The molecule has 154 valence electrons. The van der Waals surface area contributed by atoms with E-state index < -0.39 is 21.7 Å². The average Bonchev–Trinajstić information content (AvgIpc) is 3.04. The van der Waals surface area contributed by atoms with E-state index in [-0.39, 0.29) is 16.2 Å². The van der Waals surface area contributed by atoms with Crippen molar-refractivity contribution in [2.75, 3.05) is 11.2 Å². The zero-order chi connectivity index (χ0) is 21.4. The van der Waals surface area contributed by atoms with Gasteiger partial charge in [0, 0.05) is 11.6 Å². The number of nitrogens with one attached hydrogen (secondary N) is 2. The summed E-state index contributed by atoms with van der Waals surface area (Å²) in [6.07, 6.45) is 2.02. The maximum absolute atomic E-state index is 13.0. The molecule has 0 saturated heterocycles. The summed E-state index contributed by atoms with van der Waals surface area (Å²) in [4.78, 5) is 16.2. The fraction of sp³-hybridized carbons (Fsp3) is 0.263. The Labute approximate surface area is 168 Å². The fourth-order valence-electron chi connectivity index (χ4n) is 2.65. The number of rotatable bonds is 4. The minimum absolute atomic E-state index is 0.139. The predicted octanol–water partition coefficient (Wildman–Crippen LogP) is 3.02. The highest BCUT2D eigenvalue weighted by Crippen LogP contribution is 2.30. The molecule has 0 radical (unpaired) electrons. The number of pyridine rings is 1. The molecule has 0 aliphatic carbocycles. The minimum Gasteiger partial charge on any atom is -0.443 e. The summed E-state index contributed by atoms with van der Waals surface area (Å²) in [5.74, 6) is 0. The Morgan fingerprint density at radius 2 is 1.83 bits per heavy atom. The third-order valence-corrected chi connectivity index (χ3v) is 5.66. The van der Waals surface area contributed by atoms with Gasteiger partial charge in [-0.15, -0.1) is 0 Å². The second-order valence-electron chi connectivity index (χ2n) is 7.51. The van der Waals surface area contributed by atoms with Crippen LogP contribution in [0.15, 0.2) is 47.6 Å². The first-order valence-corrected chi connectivity index (χ1v) is 10.3. The van der Waals surface area contributed by atoms with Crippen LogP contribution < -0.4 is 16.6 Å². The van der Waals surface area contributed by atoms with Gasteiger partial charge in [-0.3, -0.25) is 5.43 Å². The minimum atomic E-state index is -3.85. The van der Waals surface area contributed by atoms with Gasteiger partial charge >= 0.3 is 6.09 Å². The summed E-state index contributed by atoms with van der Waals surface area (Å²) < 4.78 is 32.3. The Balaban J connectivity index is 1.97. The molecule has 0 aliphatic heterocycles. The van der Waals surface area contributed by atoms with Gasteiger partial charge in [0.2, 0.25) is 0 Å². The summed E-state index contributed by atoms with van der Waals surface area (Å²) in [5, 5.41) is 0.428. The predicted molar refractivity (Wildman–Crippen MR) is 111 cm³/mol. The van der Waals surface area contributed by atoms with Gasteiger partial charge < -0.3 is 10.5 Å². The second kappa shape index (κ2) is 7.28. The maximum atomic E-state index is 13.0. The fourth-order valence-corrected chi connectivity index (χ4v) is 3.95. The molecule has 0 aliphatic rings. The number of aryl methyl sites for hydroxylation is 1. The number of nitrogens with two attached hydrogens (primary N) is 1. The van der Waals surface area contributed by atoms with Crippen molar-refractivity contribution < 1.29 is 17.9 Å². The first-order chi connectivity index (χ1) is 13.5. The third-order valence-electron chi connectivity index (χ3n) is 3.98. The van der Waals surface area contributed by atoms with Gasteiger partial charge in [0.05, 0.1) is 22.5 Å². The standard InChI is InChI=1S/C19H23N5O4S/c1-12-5-7-13(8-6-12)29(26,27)24-10-9-14-16(15(20)11-21-17(14)24)22-23-18(25)28-19(2,3)4/h5-11H,20H2,1-4H3,(H,21,22)(H,23,25). The Bertz CT molecular complexity index is 1160. The van der Waals surface area contributed by atoms with Gasteiger partial charge in [-0.05, 0) is 45.9 Å². The molecule has 9 nitrogen and oxygen atoms in total. The number of carbonyl (C=O) groups excluding carboxylic acids is 1. The molecule has 0 saturated carbocycles. The van der Waals surface area contributed by atoms with E-state index in [4.69, 9.17) is 10.5 Å². The van der Waals surface area contributed by atoms with Crippen LogP contribution in [0.1, 0.15) is 26.3 Å². The van der Waals surface area contributed by atoms with Crippen LogP contribution in [0.25, 0.3) is 11.0 Å². The number of amides is 1. The average molecular weight is 417 g/mol. The van der Waals surface area contributed by atoms with E-state index in [0.29, 0.717) is 11.1 Å². The SMILES string of the molecule is Cc1ccc(S(=O)(=O)n2ccc3c(NNC(=O)OC(C)(C)C)c(N)cnc32)cc1. The zero-order valence-electron chi connectivity index (χ0n) is 16.6. The van der Waals surface area contributed by atoms with Crippen molar-refractivity contribution in [3.05, 3.63) is 48.3 Å². The molecular formula is C19H23N5O4S. The highest BCUT2D eigenvalue weighted by Gasteiger charge is 2.22. The Morgan fingerprint density at radius 3 is 2.45 bits per heavy atom. The highest BCUT2D eigenvalue weighted by atomic mass is 32.2. The lowest BCUT2D eigenvalue weighted by molar-refractivity contribution is 0.0541. The highest BCUT2D eigenvalue weighted by molar-refractivity contribution is 7.90. The van der Waals surface area contributed by atoms with Crippen molar-refractivity contribution in [2.45, 2.75) is 38.2 Å². The lowest BCUT2D eigenvalue weighted by Crippen LogP contribution is -2.36. The van der Waals surface area contributed by atoms with Gasteiger partial charge in [0.1, 0.15) is 5.60 Å². The molecule has 3 aromatic rings. The lowest BCUT2D eigenvalue weighted by Gasteiger charge is -2.20. The topological polar surface area (TPSA) is 128 Å². The smallest absolute Gasteiger partial charge is 0.426 e. The number of hydrogen-bond donors (Lipinski definition) is 3. The molecule has 1 aromatic carbocycles. The number of hydrazine groups is 1. The first-order valence-electron chi connectivity index (χ1n) is 8.82. The summed E-state index contributed by atoms with van der Waals surface area (Å²) in [6, 6.07) is 8.08. The molecule has 2 heterocycles. The van der Waals surface area contributed by atoms with Crippen molar-refractivity contribution in [2.24, 2.45) is 0 Å². The van der Waals surface area contributed by atoms with Crippen LogP contribution in [0.2, 0.25) is 0 Å². The van der Waals surface area contributed by atoms with Gasteiger partial charge in [-0.2, -0.15) is 0 Å². The molecule has 1 amide bonds. The van der Waals surface area contributed by atoms with Crippen LogP contribution in [0.3, 0.4) is 0 Å². The third kappa shape index (κ3) is 4.27. The van der Waals surface area contributed by atoms with Crippen LogP contribution in [0, 0.1) is 6.92 Å². The molecule has 0 atom stereocenters. The van der Waals surface area contributed by atoms with Crippen molar-refractivity contribution in [1.29, 1.82) is 0 Å². The van der Waals surface area contributed by atoms with E-state index in [1.54, 1.807) is 39.0 Å². The number of aromatic nitrogens is 2. The maximum Gasteiger partial charge on any atom is 0.426 e. The first kappa shape index (κ1) is 20.5. The van der Waals surface area contributed by atoms with Gasteiger partial charge in [-0.1, -0.05) is 17.7 Å². The molecule has 3 rings (SSSR count). The number of hydrogen-bond acceptors (Lipinski definition) is 7. The number of benzene rings is 1. The number of carbonyl (C=O) groups is 1. The molecule has 29 heavy (non-hydrogen) atoms. The van der Waals surface area contributed by atoms with Crippen molar-refractivity contribution >= 4 is 38.5 Å². The summed E-state index contributed by atoms with van der Waals surface area (Å²) in [7, 11) is -3.85. The molecule has 2 aromatic heterocycles. The van der Waals surface area contributed by atoms with E-state index in [1.807, 2.05) is 6.92 Å². The Morgan fingerprint density at radius 1 is 1.17 bits per heavy atom. The summed E-state index contributed by atoms with van der Waals surface area (Å²) >= 11 is 0. The Kier molecular flexibility index (Phi) is 5.14. The van der Waals surface area contributed by atoms with Crippen LogP contribution in [0.4, 0.5) is 16.2 Å². The zero-order valence-corrected chi connectivity index (χ0v) is 17.4. The van der Waals surface area contributed by atoms with E-state index in [1.165, 1.54) is 24.5 Å². The number of ether oxygens (including phenoxy) is 1. The normalized spacial score (nSPS) is 12.0. The lowest BCUT2D eigenvalue weighted by atomic mass is 10.2. The van der Waals surface area contributed by atoms with Crippen molar-refractivity contribution in [3.63, 3.8) is 0 Å². The van der Waals surface area contributed by atoms with Gasteiger partial charge in [-0.25, -0.2) is 27.6 Å². The molecule has 10 heteroatoms. The van der Waals surface area contributed by atoms with Crippen LogP contribution in [0.5, 0.6) is 0 Å². The molecular weight excluding hydrogens is 394 g/mol. The quantitative estimate of drug-likeness (QED) is 0.557. The molecule has 0 spiro atoms. The van der Waals surface area contributed by atoms with Crippen molar-refractivity contribution in [3.8, 4) is 0 Å². The van der Waals surface area contributed by atoms with Gasteiger partial charge in [0.15, 0.2) is 5.65 Å². The van der Waals surface area contributed by atoms with Crippen LogP contribution in [-0.2, 0) is 14.8 Å². The van der Waals surface area contributed by atoms with E-state index >= 15 is 0 Å². The molecule has 4 N–H and O–H groups in total. The van der Waals surface area contributed by atoms with E-state index in [2.05, 4.69) is 15.8 Å². The van der Waals surface area contributed by atoms with Crippen molar-refractivity contribution in [1.82, 2.24) is 14.4 Å². The summed E-state index contributed by atoms with van der Waals surface area (Å²) in [6.45, 7) is 7.09. The largest absolute Gasteiger partial charge is 0.443 e. The Hall–Kier alpha value is -3.27. The molecule has 0 fully saturated rings. The molecule has 0 bridgehead atoms.